The Morgan fingerprint density at radius 2 is 2.29 bits per heavy atom. The predicted molar refractivity (Wildman–Crippen MR) is 66.0 cm³/mol. The first-order valence-corrected chi connectivity index (χ1v) is 5.95. The summed E-state index contributed by atoms with van der Waals surface area (Å²) in [7, 11) is 2.19. The van der Waals surface area contributed by atoms with Crippen molar-refractivity contribution in [3.05, 3.63) is 0 Å². The van der Waals surface area contributed by atoms with E-state index in [1.54, 1.807) is 0 Å². The van der Waals surface area contributed by atoms with Crippen LogP contribution < -0.4 is 5.32 Å². The second-order valence-electron chi connectivity index (χ2n) is 4.67. The van der Waals surface area contributed by atoms with Gasteiger partial charge in [0.2, 0.25) is 0 Å². The van der Waals surface area contributed by atoms with E-state index in [2.05, 4.69) is 31.1 Å². The predicted octanol–water partition coefficient (Wildman–Crippen LogP) is 1.70. The van der Waals surface area contributed by atoms with Gasteiger partial charge in [-0.2, -0.15) is 0 Å². The van der Waals surface area contributed by atoms with Crippen molar-refractivity contribution in [2.45, 2.75) is 32.7 Å². The molecule has 1 aliphatic rings. The molecule has 0 unspecified atom stereocenters. The van der Waals surface area contributed by atoms with Crippen LogP contribution in [0.4, 0.5) is 0 Å². The number of nitrogens with one attached hydrogen (secondary N) is 1. The number of rotatable bonds is 5. The summed E-state index contributed by atoms with van der Waals surface area (Å²) in [4.78, 5) is 3.62. The molecular formula is C11H22N2S. The highest BCUT2D eigenvalue weighted by Crippen LogP contribution is 2.08. The molecule has 0 spiro atoms. The van der Waals surface area contributed by atoms with Crippen molar-refractivity contribution in [2.24, 2.45) is 5.92 Å². The Morgan fingerprint density at radius 3 is 2.79 bits per heavy atom. The maximum Gasteiger partial charge on any atom is 0.0396 e. The van der Waals surface area contributed by atoms with Crippen molar-refractivity contribution in [1.29, 1.82) is 0 Å². The summed E-state index contributed by atoms with van der Waals surface area (Å²) in [5, 5.41) is 3.45. The molecule has 1 atom stereocenters. The van der Waals surface area contributed by atoms with E-state index in [1.165, 1.54) is 17.8 Å². The zero-order valence-corrected chi connectivity index (χ0v) is 10.4. The zero-order valence-electron chi connectivity index (χ0n) is 9.55. The minimum absolute atomic E-state index is 0.500. The average molecular weight is 214 g/mol. The van der Waals surface area contributed by atoms with Crippen LogP contribution in [0, 0.1) is 5.92 Å². The summed E-state index contributed by atoms with van der Waals surface area (Å²) < 4.78 is 0. The van der Waals surface area contributed by atoms with E-state index < -0.39 is 0 Å². The van der Waals surface area contributed by atoms with Crippen molar-refractivity contribution in [1.82, 2.24) is 10.2 Å². The van der Waals surface area contributed by atoms with Gasteiger partial charge in [-0.05, 0) is 32.4 Å². The highest BCUT2D eigenvalue weighted by Gasteiger charge is 2.19. The molecule has 0 aromatic heterocycles. The largest absolute Gasteiger partial charge is 0.309 e. The molecule has 2 nitrogen and oxygen atoms in total. The molecular weight excluding hydrogens is 192 g/mol. The van der Waals surface area contributed by atoms with E-state index >= 15 is 0 Å². The van der Waals surface area contributed by atoms with Gasteiger partial charge in [-0.25, -0.2) is 0 Å². The molecule has 0 bridgehead atoms. The molecule has 82 valence electrons. The Kier molecular flexibility index (Phi) is 4.99. The lowest BCUT2D eigenvalue weighted by Crippen LogP contribution is -2.33. The summed E-state index contributed by atoms with van der Waals surface area (Å²) in [6.45, 7) is 7.93. The fraction of sp³-hybridized carbons (Fsp3) is 0.909. The van der Waals surface area contributed by atoms with E-state index in [1.807, 2.05) is 0 Å². The molecule has 0 aromatic rings. The lowest BCUT2D eigenvalue weighted by atomic mass is 10.1. The van der Waals surface area contributed by atoms with Gasteiger partial charge in [0.15, 0.2) is 0 Å². The highest BCUT2D eigenvalue weighted by atomic mass is 32.1. The Balaban J connectivity index is 2.16. The van der Waals surface area contributed by atoms with Crippen LogP contribution in [0.2, 0.25) is 0 Å². The quantitative estimate of drug-likeness (QED) is 0.701. The molecule has 0 amide bonds. The fourth-order valence-electron chi connectivity index (χ4n) is 1.98. The van der Waals surface area contributed by atoms with Crippen LogP contribution >= 0.6 is 12.2 Å². The van der Waals surface area contributed by atoms with Crippen LogP contribution in [0.15, 0.2) is 0 Å². The third-order valence-corrected chi connectivity index (χ3v) is 3.12. The summed E-state index contributed by atoms with van der Waals surface area (Å²) >= 11 is 5.30. The Labute approximate surface area is 93.1 Å². The minimum atomic E-state index is 0.500. The van der Waals surface area contributed by atoms with Gasteiger partial charge in [0.05, 0.1) is 0 Å². The highest BCUT2D eigenvalue weighted by molar-refractivity contribution is 7.80. The third kappa shape index (κ3) is 4.03. The first kappa shape index (κ1) is 12.1. The first-order chi connectivity index (χ1) is 6.59. The van der Waals surface area contributed by atoms with Crippen molar-refractivity contribution in [3.8, 4) is 0 Å². The van der Waals surface area contributed by atoms with Crippen LogP contribution in [-0.4, -0.2) is 42.5 Å². The van der Waals surface area contributed by atoms with Crippen LogP contribution in [0.5, 0.6) is 0 Å². The molecule has 1 fully saturated rings. The van der Waals surface area contributed by atoms with Crippen LogP contribution in [0.25, 0.3) is 0 Å². The van der Waals surface area contributed by atoms with Crippen molar-refractivity contribution < 1.29 is 0 Å². The number of nitrogens with zero attached hydrogens (tertiary/aromatic N) is 1. The molecule has 0 saturated carbocycles. The second kappa shape index (κ2) is 5.79. The molecule has 1 aliphatic heterocycles. The molecule has 1 N–H and O–H groups in total. The average Bonchev–Trinajstić information content (AvgIpc) is 2.46. The normalized spacial score (nSPS) is 22.6. The monoisotopic (exact) mass is 214 g/mol. The Morgan fingerprint density at radius 1 is 1.57 bits per heavy atom. The van der Waals surface area contributed by atoms with Gasteiger partial charge in [0.1, 0.15) is 0 Å². The summed E-state index contributed by atoms with van der Waals surface area (Å²) in [6, 6.07) is 0.500. The Bertz CT molecular complexity index is 192. The first-order valence-electron chi connectivity index (χ1n) is 5.54. The standard InChI is InChI=1S/C11H22N2S/c1-9(2)8-13(3)7-5-10-11(14)4-6-12-10/h9-10,12H,4-8H2,1-3H3/t10-/m1/s1. The van der Waals surface area contributed by atoms with Gasteiger partial charge in [-0.15, -0.1) is 0 Å². The summed E-state index contributed by atoms with van der Waals surface area (Å²) in [5.41, 5.74) is 0. The van der Waals surface area contributed by atoms with Crippen LogP contribution in [0.3, 0.4) is 0 Å². The molecule has 14 heavy (non-hydrogen) atoms. The molecule has 0 aliphatic carbocycles. The molecule has 1 saturated heterocycles. The maximum absolute atomic E-state index is 5.30. The minimum Gasteiger partial charge on any atom is -0.309 e. The summed E-state index contributed by atoms with van der Waals surface area (Å²) in [6.07, 6.45) is 2.26. The van der Waals surface area contributed by atoms with Crippen molar-refractivity contribution >= 4 is 17.1 Å². The molecule has 0 radical (unpaired) electrons. The van der Waals surface area contributed by atoms with Crippen molar-refractivity contribution in [2.75, 3.05) is 26.7 Å². The molecule has 0 aromatic carbocycles. The van der Waals surface area contributed by atoms with E-state index in [0.717, 1.165) is 25.4 Å². The van der Waals surface area contributed by atoms with E-state index in [-0.39, 0.29) is 0 Å². The van der Waals surface area contributed by atoms with Crippen molar-refractivity contribution in [3.63, 3.8) is 0 Å². The lowest BCUT2D eigenvalue weighted by molar-refractivity contribution is 0.287. The molecule has 1 heterocycles. The van der Waals surface area contributed by atoms with E-state index in [4.69, 9.17) is 12.2 Å². The molecule has 3 heteroatoms. The second-order valence-corrected chi connectivity index (χ2v) is 5.19. The SMILES string of the molecule is CC(C)CN(C)CC[C@H]1NCCC1=S. The topological polar surface area (TPSA) is 15.3 Å². The van der Waals surface area contributed by atoms with Gasteiger partial charge < -0.3 is 10.2 Å². The van der Waals surface area contributed by atoms with Crippen LogP contribution in [0.1, 0.15) is 26.7 Å². The van der Waals surface area contributed by atoms with Crippen LogP contribution in [-0.2, 0) is 0 Å². The Hall–Kier alpha value is 0.01000. The van der Waals surface area contributed by atoms with Gasteiger partial charge in [-0.1, -0.05) is 26.1 Å². The molecule has 1 rings (SSSR count). The third-order valence-electron chi connectivity index (χ3n) is 2.63. The fourth-order valence-corrected chi connectivity index (χ4v) is 2.29. The lowest BCUT2D eigenvalue weighted by Gasteiger charge is -2.20. The zero-order chi connectivity index (χ0) is 10.6. The van der Waals surface area contributed by atoms with Gasteiger partial charge in [-0.3, -0.25) is 0 Å². The number of hydrogen-bond donors (Lipinski definition) is 1. The van der Waals surface area contributed by atoms with Gasteiger partial charge in [0.25, 0.3) is 0 Å². The van der Waals surface area contributed by atoms with E-state index in [9.17, 15) is 0 Å². The maximum atomic E-state index is 5.30. The smallest absolute Gasteiger partial charge is 0.0396 e. The van der Waals surface area contributed by atoms with Gasteiger partial charge in [0, 0.05) is 24.0 Å². The summed E-state index contributed by atoms with van der Waals surface area (Å²) in [5.74, 6) is 0.753. The van der Waals surface area contributed by atoms with E-state index in [0.29, 0.717) is 6.04 Å². The van der Waals surface area contributed by atoms with Gasteiger partial charge >= 0.3 is 0 Å². The number of hydrogen-bond acceptors (Lipinski definition) is 3. The number of thiocarbonyl (C=S) groups is 1.